The van der Waals surface area contributed by atoms with Gasteiger partial charge in [-0.25, -0.2) is 8.42 Å². The second-order valence-corrected chi connectivity index (χ2v) is 6.94. The minimum absolute atomic E-state index is 0.197. The minimum atomic E-state index is -3.46. The highest BCUT2D eigenvalue weighted by molar-refractivity contribution is 9.08. The number of alkyl halides is 1. The SMILES string of the molecule is O=S(=O)(c1ccc(CBr)cc1)N1CCCC(O)C1. The van der Waals surface area contributed by atoms with E-state index in [4.69, 9.17) is 0 Å². The summed E-state index contributed by atoms with van der Waals surface area (Å²) in [6, 6.07) is 6.82. The summed E-state index contributed by atoms with van der Waals surface area (Å²) in [7, 11) is -3.46. The van der Waals surface area contributed by atoms with Gasteiger partial charge < -0.3 is 5.11 Å². The van der Waals surface area contributed by atoms with Crippen molar-refractivity contribution in [3.05, 3.63) is 29.8 Å². The van der Waals surface area contributed by atoms with Crippen LogP contribution in [0.3, 0.4) is 0 Å². The van der Waals surface area contributed by atoms with E-state index in [1.807, 2.05) is 0 Å². The van der Waals surface area contributed by atoms with Crippen LogP contribution in [-0.4, -0.2) is 37.0 Å². The first-order valence-corrected chi connectivity index (χ1v) is 8.43. The lowest BCUT2D eigenvalue weighted by Crippen LogP contribution is -2.42. The van der Waals surface area contributed by atoms with E-state index in [1.165, 1.54) is 4.31 Å². The first-order valence-electron chi connectivity index (χ1n) is 5.87. The van der Waals surface area contributed by atoms with Crippen LogP contribution in [0.1, 0.15) is 18.4 Å². The minimum Gasteiger partial charge on any atom is -0.392 e. The van der Waals surface area contributed by atoms with Gasteiger partial charge in [0.15, 0.2) is 0 Å². The third kappa shape index (κ3) is 2.93. The number of hydrogen-bond donors (Lipinski definition) is 1. The van der Waals surface area contributed by atoms with Gasteiger partial charge in [0, 0.05) is 18.4 Å². The number of piperidine rings is 1. The van der Waals surface area contributed by atoms with Crippen molar-refractivity contribution < 1.29 is 13.5 Å². The number of β-amino-alcohol motifs (C(OH)–C–C–N with tert-alkyl or cyclic N) is 1. The summed E-state index contributed by atoms with van der Waals surface area (Å²) in [5.74, 6) is 0. The molecule has 1 aliphatic heterocycles. The van der Waals surface area contributed by atoms with Gasteiger partial charge in [-0.2, -0.15) is 4.31 Å². The molecule has 1 aromatic rings. The van der Waals surface area contributed by atoms with Crippen molar-refractivity contribution in [1.82, 2.24) is 4.31 Å². The van der Waals surface area contributed by atoms with Crippen molar-refractivity contribution in [2.45, 2.75) is 29.2 Å². The third-order valence-corrected chi connectivity index (χ3v) is 5.60. The number of benzene rings is 1. The van der Waals surface area contributed by atoms with Gasteiger partial charge in [-0.1, -0.05) is 28.1 Å². The topological polar surface area (TPSA) is 57.6 Å². The second-order valence-electron chi connectivity index (χ2n) is 4.44. The molecule has 1 heterocycles. The predicted octanol–water partition coefficient (Wildman–Crippen LogP) is 1.73. The van der Waals surface area contributed by atoms with Gasteiger partial charge in [0.05, 0.1) is 11.0 Å². The number of aliphatic hydroxyl groups is 1. The normalized spacial score (nSPS) is 22.0. The molecule has 0 amide bonds. The van der Waals surface area contributed by atoms with E-state index in [1.54, 1.807) is 24.3 Å². The zero-order chi connectivity index (χ0) is 13.2. The van der Waals surface area contributed by atoms with Crippen LogP contribution in [0.15, 0.2) is 29.2 Å². The lowest BCUT2D eigenvalue weighted by molar-refractivity contribution is 0.108. The van der Waals surface area contributed by atoms with Gasteiger partial charge in [-0.05, 0) is 30.5 Å². The molecule has 0 saturated carbocycles. The highest BCUT2D eigenvalue weighted by Gasteiger charge is 2.29. The fourth-order valence-electron chi connectivity index (χ4n) is 2.04. The molecule has 0 spiro atoms. The Morgan fingerprint density at radius 3 is 2.56 bits per heavy atom. The summed E-state index contributed by atoms with van der Waals surface area (Å²) in [4.78, 5) is 0.293. The Morgan fingerprint density at radius 2 is 2.00 bits per heavy atom. The molecule has 0 aliphatic carbocycles. The van der Waals surface area contributed by atoms with E-state index < -0.39 is 16.1 Å². The number of nitrogens with zero attached hydrogens (tertiary/aromatic N) is 1. The van der Waals surface area contributed by atoms with Crippen LogP contribution in [0.4, 0.5) is 0 Å². The molecule has 2 rings (SSSR count). The molecule has 1 atom stereocenters. The summed E-state index contributed by atoms with van der Waals surface area (Å²) in [6.45, 7) is 0.683. The zero-order valence-corrected chi connectivity index (χ0v) is 12.3. The highest BCUT2D eigenvalue weighted by Crippen LogP contribution is 2.21. The molecule has 1 aliphatic rings. The van der Waals surface area contributed by atoms with E-state index in [-0.39, 0.29) is 6.54 Å². The Labute approximate surface area is 116 Å². The quantitative estimate of drug-likeness (QED) is 0.857. The van der Waals surface area contributed by atoms with Gasteiger partial charge in [0.25, 0.3) is 0 Å². The molecule has 1 unspecified atom stereocenters. The Morgan fingerprint density at radius 1 is 1.33 bits per heavy atom. The standard InChI is InChI=1S/C12H16BrNO3S/c13-8-10-3-5-12(6-4-10)18(16,17)14-7-1-2-11(15)9-14/h3-6,11,15H,1-2,7-9H2. The first-order chi connectivity index (χ1) is 8.54. The maximum atomic E-state index is 12.3. The Hall–Kier alpha value is -0.430. The fourth-order valence-corrected chi connectivity index (χ4v) is 3.93. The molecular formula is C12H16BrNO3S. The summed E-state index contributed by atoms with van der Waals surface area (Å²) >= 11 is 3.32. The number of halogens is 1. The first kappa shape index (κ1) is 14.0. The number of sulfonamides is 1. The molecule has 0 bridgehead atoms. The van der Waals surface area contributed by atoms with Crippen molar-refractivity contribution in [3.63, 3.8) is 0 Å². The van der Waals surface area contributed by atoms with E-state index in [0.29, 0.717) is 29.6 Å². The van der Waals surface area contributed by atoms with Gasteiger partial charge in [-0.3, -0.25) is 0 Å². The van der Waals surface area contributed by atoms with Crippen LogP contribution in [-0.2, 0) is 15.4 Å². The van der Waals surface area contributed by atoms with Crippen LogP contribution in [0, 0.1) is 0 Å². The Kier molecular flexibility index (Phi) is 4.42. The van der Waals surface area contributed by atoms with Gasteiger partial charge in [-0.15, -0.1) is 0 Å². The maximum absolute atomic E-state index is 12.3. The zero-order valence-electron chi connectivity index (χ0n) is 9.92. The molecule has 18 heavy (non-hydrogen) atoms. The van der Waals surface area contributed by atoms with E-state index >= 15 is 0 Å². The largest absolute Gasteiger partial charge is 0.392 e. The summed E-state index contributed by atoms with van der Waals surface area (Å²) in [5.41, 5.74) is 1.03. The van der Waals surface area contributed by atoms with E-state index in [0.717, 1.165) is 5.56 Å². The molecule has 1 aromatic carbocycles. The van der Waals surface area contributed by atoms with E-state index in [2.05, 4.69) is 15.9 Å². The van der Waals surface area contributed by atoms with Crippen LogP contribution in [0.2, 0.25) is 0 Å². The van der Waals surface area contributed by atoms with Crippen molar-refractivity contribution in [2.75, 3.05) is 13.1 Å². The number of hydrogen-bond acceptors (Lipinski definition) is 3. The lowest BCUT2D eigenvalue weighted by atomic mass is 10.1. The van der Waals surface area contributed by atoms with Crippen molar-refractivity contribution in [3.8, 4) is 0 Å². The molecular weight excluding hydrogens is 318 g/mol. The summed E-state index contributed by atoms with van der Waals surface area (Å²) in [6.07, 6.45) is 0.837. The number of rotatable bonds is 3. The average Bonchev–Trinajstić information content (AvgIpc) is 2.39. The second kappa shape index (κ2) is 5.69. The van der Waals surface area contributed by atoms with E-state index in [9.17, 15) is 13.5 Å². The van der Waals surface area contributed by atoms with Crippen molar-refractivity contribution in [1.29, 1.82) is 0 Å². The van der Waals surface area contributed by atoms with Crippen molar-refractivity contribution in [2.24, 2.45) is 0 Å². The van der Waals surface area contributed by atoms with Crippen LogP contribution in [0.25, 0.3) is 0 Å². The lowest BCUT2D eigenvalue weighted by Gasteiger charge is -2.29. The molecule has 0 radical (unpaired) electrons. The van der Waals surface area contributed by atoms with Gasteiger partial charge in [0.2, 0.25) is 10.0 Å². The van der Waals surface area contributed by atoms with Gasteiger partial charge >= 0.3 is 0 Å². The monoisotopic (exact) mass is 333 g/mol. The van der Waals surface area contributed by atoms with Crippen LogP contribution in [0.5, 0.6) is 0 Å². The molecule has 1 N–H and O–H groups in total. The average molecular weight is 334 g/mol. The van der Waals surface area contributed by atoms with Crippen LogP contribution >= 0.6 is 15.9 Å². The van der Waals surface area contributed by atoms with Crippen LogP contribution < -0.4 is 0 Å². The molecule has 4 nitrogen and oxygen atoms in total. The Bertz CT molecular complexity index is 501. The van der Waals surface area contributed by atoms with Crippen molar-refractivity contribution >= 4 is 26.0 Å². The molecule has 100 valence electrons. The summed E-state index contributed by atoms with van der Waals surface area (Å²) < 4.78 is 26.0. The molecule has 0 aromatic heterocycles. The van der Waals surface area contributed by atoms with Gasteiger partial charge in [0.1, 0.15) is 0 Å². The summed E-state index contributed by atoms with van der Waals surface area (Å²) in [5, 5.41) is 10.3. The highest BCUT2D eigenvalue weighted by atomic mass is 79.9. The Balaban J connectivity index is 2.23. The third-order valence-electron chi connectivity index (χ3n) is 3.07. The fraction of sp³-hybridized carbons (Fsp3) is 0.500. The molecule has 1 saturated heterocycles. The number of aliphatic hydroxyl groups excluding tert-OH is 1. The molecule has 6 heteroatoms. The smallest absolute Gasteiger partial charge is 0.243 e. The maximum Gasteiger partial charge on any atom is 0.243 e. The predicted molar refractivity (Wildman–Crippen MR) is 73.1 cm³/mol. The molecule has 1 fully saturated rings.